The van der Waals surface area contributed by atoms with Crippen LogP contribution in [0.3, 0.4) is 0 Å². The molecule has 2 aromatic carbocycles. The van der Waals surface area contributed by atoms with Gasteiger partial charge in [-0.2, -0.15) is 0 Å². The third-order valence-electron chi connectivity index (χ3n) is 4.53. The lowest BCUT2D eigenvalue weighted by Crippen LogP contribution is -2.10. The number of esters is 1. The summed E-state index contributed by atoms with van der Waals surface area (Å²) in [5.41, 5.74) is 3.15. The summed E-state index contributed by atoms with van der Waals surface area (Å²) in [5, 5.41) is 0.804. The number of aromatic nitrogens is 1. The van der Waals surface area contributed by atoms with Crippen LogP contribution in [0.25, 0.3) is 17.0 Å². The van der Waals surface area contributed by atoms with Crippen molar-refractivity contribution in [2.45, 2.75) is 13.3 Å². The number of hydrogen-bond acceptors (Lipinski definition) is 4. The van der Waals surface area contributed by atoms with E-state index in [1.54, 1.807) is 23.8 Å². The lowest BCUT2D eigenvalue weighted by molar-refractivity contribution is -0.139. The Morgan fingerprint density at radius 1 is 1.07 bits per heavy atom. The fourth-order valence-corrected chi connectivity index (χ4v) is 3.12. The zero-order chi connectivity index (χ0) is 19.4. The highest BCUT2D eigenvalue weighted by molar-refractivity contribution is 6.03. The van der Waals surface area contributed by atoms with Gasteiger partial charge in [0, 0.05) is 17.2 Å². The van der Waals surface area contributed by atoms with Gasteiger partial charge in [0.05, 0.1) is 26.2 Å². The van der Waals surface area contributed by atoms with Gasteiger partial charge in [-0.3, -0.25) is 14.2 Å². The maximum atomic E-state index is 12.9. The average molecular weight is 363 g/mol. The maximum Gasteiger partial charge on any atom is 0.310 e. The second-order valence-corrected chi connectivity index (χ2v) is 6.12. The van der Waals surface area contributed by atoms with Crippen LogP contribution in [0.1, 0.15) is 21.6 Å². The zero-order valence-electron chi connectivity index (χ0n) is 15.6. The Morgan fingerprint density at radius 3 is 2.48 bits per heavy atom. The molecule has 0 aliphatic carbocycles. The fraction of sp³-hybridized carbons (Fsp3) is 0.182. The van der Waals surface area contributed by atoms with E-state index in [1.165, 1.54) is 13.2 Å². The van der Waals surface area contributed by atoms with Crippen LogP contribution in [0, 0.1) is 6.92 Å². The highest BCUT2D eigenvalue weighted by Crippen LogP contribution is 2.30. The highest BCUT2D eigenvalue weighted by atomic mass is 16.5. The third-order valence-corrected chi connectivity index (χ3v) is 4.53. The molecule has 0 aliphatic heterocycles. The molecule has 0 N–H and O–H groups in total. The summed E-state index contributed by atoms with van der Waals surface area (Å²) in [5.74, 6) is 0.132. The minimum absolute atomic E-state index is 0.0919. The summed E-state index contributed by atoms with van der Waals surface area (Å²) < 4.78 is 11.7. The van der Waals surface area contributed by atoms with Crippen molar-refractivity contribution in [1.82, 2.24) is 4.57 Å². The first kappa shape index (κ1) is 18.5. The average Bonchev–Trinajstić information content (AvgIpc) is 2.97. The molecule has 1 heterocycles. The van der Waals surface area contributed by atoms with E-state index in [0.29, 0.717) is 11.4 Å². The Kier molecular flexibility index (Phi) is 5.41. The number of nitrogens with zero attached hydrogens (tertiary/aromatic N) is 1. The van der Waals surface area contributed by atoms with Crippen molar-refractivity contribution in [2.75, 3.05) is 14.2 Å². The molecule has 138 valence electrons. The van der Waals surface area contributed by atoms with Gasteiger partial charge in [-0.15, -0.1) is 0 Å². The zero-order valence-corrected chi connectivity index (χ0v) is 15.6. The molecule has 0 spiro atoms. The molecule has 0 unspecified atom stereocenters. The molecule has 0 aliphatic rings. The van der Waals surface area contributed by atoms with Crippen LogP contribution in [-0.4, -0.2) is 30.7 Å². The SMILES string of the molecule is COC(=O)Cc1c(C)n(C(=O)/C=C\c2ccccc2)c2ccc(OC)cc12. The number of hydrogen-bond donors (Lipinski definition) is 0. The van der Waals surface area contributed by atoms with Crippen LogP contribution in [0.2, 0.25) is 0 Å². The van der Waals surface area contributed by atoms with E-state index in [9.17, 15) is 9.59 Å². The first-order valence-electron chi connectivity index (χ1n) is 8.57. The van der Waals surface area contributed by atoms with E-state index in [4.69, 9.17) is 9.47 Å². The Hall–Kier alpha value is -3.34. The van der Waals surface area contributed by atoms with E-state index >= 15 is 0 Å². The molecule has 0 atom stereocenters. The molecule has 0 fully saturated rings. The lowest BCUT2D eigenvalue weighted by atomic mass is 10.1. The third kappa shape index (κ3) is 3.77. The van der Waals surface area contributed by atoms with Gasteiger partial charge in [-0.25, -0.2) is 0 Å². The molecule has 5 heteroatoms. The Morgan fingerprint density at radius 2 is 1.81 bits per heavy atom. The molecule has 0 saturated carbocycles. The van der Waals surface area contributed by atoms with Gasteiger partial charge >= 0.3 is 5.97 Å². The Bertz CT molecular complexity index is 1020. The van der Waals surface area contributed by atoms with Gasteiger partial charge in [0.1, 0.15) is 5.75 Å². The standard InChI is InChI=1S/C22H21NO4/c1-15-18(14-22(25)27-3)19-13-17(26-2)10-11-20(19)23(15)21(24)12-9-16-7-5-4-6-8-16/h4-13H,14H2,1-3H3/b12-9-. The number of allylic oxidation sites excluding steroid dienone is 1. The highest BCUT2D eigenvalue weighted by Gasteiger charge is 2.20. The van der Waals surface area contributed by atoms with Crippen molar-refractivity contribution < 1.29 is 19.1 Å². The molecular weight excluding hydrogens is 342 g/mol. The summed E-state index contributed by atoms with van der Waals surface area (Å²) in [6.07, 6.45) is 3.40. The van der Waals surface area contributed by atoms with Crippen molar-refractivity contribution in [3.05, 3.63) is 71.4 Å². The van der Waals surface area contributed by atoms with Gasteiger partial charge in [0.2, 0.25) is 0 Å². The Balaban J connectivity index is 2.09. The van der Waals surface area contributed by atoms with Crippen molar-refractivity contribution in [3.8, 4) is 5.75 Å². The lowest BCUT2D eigenvalue weighted by Gasteiger charge is -2.04. The van der Waals surface area contributed by atoms with Gasteiger partial charge < -0.3 is 9.47 Å². The normalized spacial score (nSPS) is 11.1. The summed E-state index contributed by atoms with van der Waals surface area (Å²) in [6, 6.07) is 15.1. The van der Waals surface area contributed by atoms with Crippen molar-refractivity contribution >= 4 is 28.9 Å². The number of carbonyl (C=O) groups excluding carboxylic acids is 2. The molecule has 27 heavy (non-hydrogen) atoms. The quantitative estimate of drug-likeness (QED) is 0.507. The molecule has 0 amide bonds. The number of benzene rings is 2. The van der Waals surface area contributed by atoms with Crippen LogP contribution in [0.5, 0.6) is 5.75 Å². The van der Waals surface area contributed by atoms with Crippen LogP contribution in [-0.2, 0) is 16.0 Å². The molecule has 5 nitrogen and oxygen atoms in total. The number of rotatable bonds is 5. The van der Waals surface area contributed by atoms with E-state index in [2.05, 4.69) is 0 Å². The van der Waals surface area contributed by atoms with Crippen molar-refractivity contribution in [3.63, 3.8) is 0 Å². The van der Waals surface area contributed by atoms with Crippen molar-refractivity contribution in [2.24, 2.45) is 0 Å². The van der Waals surface area contributed by atoms with E-state index in [1.807, 2.05) is 49.4 Å². The minimum atomic E-state index is -0.354. The second kappa shape index (κ2) is 7.91. The fourth-order valence-electron chi connectivity index (χ4n) is 3.12. The first-order chi connectivity index (χ1) is 13.0. The monoisotopic (exact) mass is 363 g/mol. The molecule has 3 rings (SSSR count). The molecule has 0 radical (unpaired) electrons. The van der Waals surface area contributed by atoms with Gasteiger partial charge in [0.25, 0.3) is 5.91 Å². The first-order valence-corrected chi connectivity index (χ1v) is 8.57. The van der Waals surface area contributed by atoms with Crippen LogP contribution < -0.4 is 4.74 Å². The predicted molar refractivity (Wildman–Crippen MR) is 105 cm³/mol. The van der Waals surface area contributed by atoms with E-state index < -0.39 is 0 Å². The topological polar surface area (TPSA) is 57.5 Å². The van der Waals surface area contributed by atoms with Gasteiger partial charge in [0.15, 0.2) is 0 Å². The molecule has 0 bridgehead atoms. The molecule has 1 aromatic heterocycles. The van der Waals surface area contributed by atoms with Crippen molar-refractivity contribution in [1.29, 1.82) is 0 Å². The molecule has 0 saturated heterocycles. The van der Waals surface area contributed by atoms with Crippen LogP contribution >= 0.6 is 0 Å². The van der Waals surface area contributed by atoms with E-state index in [0.717, 1.165) is 22.0 Å². The Labute approximate surface area is 157 Å². The number of ether oxygens (including phenoxy) is 2. The number of fused-ring (bicyclic) bond motifs is 1. The van der Waals surface area contributed by atoms with Crippen LogP contribution in [0.4, 0.5) is 0 Å². The van der Waals surface area contributed by atoms with E-state index in [-0.39, 0.29) is 18.3 Å². The maximum absolute atomic E-state index is 12.9. The number of carbonyl (C=O) groups is 2. The largest absolute Gasteiger partial charge is 0.497 e. The minimum Gasteiger partial charge on any atom is -0.497 e. The summed E-state index contributed by atoms with van der Waals surface area (Å²) in [7, 11) is 2.93. The second-order valence-electron chi connectivity index (χ2n) is 6.12. The molecular formula is C22H21NO4. The van der Waals surface area contributed by atoms with Gasteiger partial charge in [-0.05, 0) is 42.3 Å². The van der Waals surface area contributed by atoms with Gasteiger partial charge in [-0.1, -0.05) is 30.3 Å². The summed E-state index contributed by atoms with van der Waals surface area (Å²) in [6.45, 7) is 1.83. The summed E-state index contributed by atoms with van der Waals surface area (Å²) >= 11 is 0. The van der Waals surface area contributed by atoms with Crippen LogP contribution in [0.15, 0.2) is 54.6 Å². The number of methoxy groups -OCH3 is 2. The predicted octanol–water partition coefficient (Wildman–Crippen LogP) is 4.03. The molecule has 3 aromatic rings. The smallest absolute Gasteiger partial charge is 0.310 e. The summed E-state index contributed by atoms with van der Waals surface area (Å²) in [4.78, 5) is 24.8.